The zero-order chi connectivity index (χ0) is 22.2. The van der Waals surface area contributed by atoms with Gasteiger partial charge in [0.1, 0.15) is 5.69 Å². The van der Waals surface area contributed by atoms with E-state index in [0.717, 1.165) is 6.92 Å². The molecule has 1 N–H and O–H groups in total. The minimum absolute atomic E-state index is 0.0294. The van der Waals surface area contributed by atoms with E-state index < -0.39 is 46.6 Å². The first-order chi connectivity index (χ1) is 14.1. The van der Waals surface area contributed by atoms with Crippen LogP contribution in [0.15, 0.2) is 41.2 Å². The zero-order valence-corrected chi connectivity index (χ0v) is 16.2. The number of carbonyl (C=O) groups is 1. The van der Waals surface area contributed by atoms with Gasteiger partial charge in [-0.1, -0.05) is 18.2 Å². The van der Waals surface area contributed by atoms with Crippen LogP contribution in [-0.2, 0) is 11.8 Å². The van der Waals surface area contributed by atoms with Crippen LogP contribution in [0.3, 0.4) is 0 Å². The fraction of sp³-hybridized carbons (Fsp3) is 0.200. The van der Waals surface area contributed by atoms with Crippen LogP contribution in [0.25, 0.3) is 5.69 Å². The number of nitrogens with one attached hydrogen (secondary N) is 1. The highest BCUT2D eigenvalue weighted by molar-refractivity contribution is 5.94. The first-order valence-corrected chi connectivity index (χ1v) is 8.78. The molecule has 1 aromatic heterocycles. The Balaban J connectivity index is 1.88. The third-order valence-corrected chi connectivity index (χ3v) is 4.54. The van der Waals surface area contributed by atoms with Crippen LogP contribution >= 0.6 is 0 Å². The van der Waals surface area contributed by atoms with Gasteiger partial charge in [-0.2, -0.15) is 8.78 Å². The number of carbonyl (C=O) groups excluding carboxylic acids is 1. The van der Waals surface area contributed by atoms with Crippen molar-refractivity contribution in [1.82, 2.24) is 9.36 Å². The van der Waals surface area contributed by atoms with Crippen molar-refractivity contribution in [2.24, 2.45) is 7.05 Å². The summed E-state index contributed by atoms with van der Waals surface area (Å²) in [6.45, 7) is 2.70. The molecule has 1 heterocycles. The summed E-state index contributed by atoms with van der Waals surface area (Å²) < 4.78 is 61.8. The lowest BCUT2D eigenvalue weighted by Crippen LogP contribution is -2.33. The summed E-state index contributed by atoms with van der Waals surface area (Å²) in [4.78, 5) is 25.2. The van der Waals surface area contributed by atoms with Crippen LogP contribution in [-0.4, -0.2) is 21.4 Å². The van der Waals surface area contributed by atoms with E-state index in [1.807, 2.05) is 0 Å². The van der Waals surface area contributed by atoms with E-state index in [1.54, 1.807) is 44.3 Å². The lowest BCUT2D eigenvalue weighted by molar-refractivity contribution is -0.122. The van der Waals surface area contributed by atoms with Crippen LogP contribution in [0, 0.1) is 30.2 Å². The number of amides is 1. The topological polar surface area (TPSA) is 65.3 Å². The summed E-state index contributed by atoms with van der Waals surface area (Å²) in [7, 11) is 1.61. The van der Waals surface area contributed by atoms with E-state index in [1.165, 1.54) is 9.36 Å². The largest absolute Gasteiger partial charge is 0.475 e. The predicted molar refractivity (Wildman–Crippen MR) is 101 cm³/mol. The van der Waals surface area contributed by atoms with E-state index in [2.05, 4.69) is 5.32 Å². The summed E-state index contributed by atoms with van der Waals surface area (Å²) in [5.74, 6) is -9.17. The maximum Gasteiger partial charge on any atom is 0.295 e. The van der Waals surface area contributed by atoms with Crippen molar-refractivity contribution < 1.29 is 27.1 Å². The van der Waals surface area contributed by atoms with Gasteiger partial charge in [0.15, 0.2) is 23.5 Å². The third kappa shape index (κ3) is 3.68. The first kappa shape index (κ1) is 21.2. The monoisotopic (exact) mass is 423 g/mol. The lowest BCUT2D eigenvalue weighted by atomic mass is 10.2. The summed E-state index contributed by atoms with van der Waals surface area (Å²) in [6.07, 6.45) is -1.57. The number of hydrogen-bond donors (Lipinski definition) is 1. The van der Waals surface area contributed by atoms with Gasteiger partial charge in [-0.3, -0.25) is 14.3 Å². The molecule has 3 rings (SSSR count). The molecule has 3 aromatic rings. The van der Waals surface area contributed by atoms with Crippen LogP contribution in [0.5, 0.6) is 5.75 Å². The standard InChI is InChI=1S/C20H17F4N3O3/c1-10-17(20(29)27(26(10)3)12-7-5-4-6-8-12)25-19(28)11(2)30-18-15(23)13(21)9-14(22)16(18)24/h4-9,11H,1-3H3,(H,25,28)/t11-/m0/s1. The van der Waals surface area contributed by atoms with Crippen LogP contribution in [0.4, 0.5) is 23.2 Å². The summed E-state index contributed by atoms with van der Waals surface area (Å²) >= 11 is 0. The van der Waals surface area contributed by atoms with Gasteiger partial charge < -0.3 is 10.1 Å². The van der Waals surface area contributed by atoms with Crippen molar-refractivity contribution in [3.63, 3.8) is 0 Å². The molecule has 158 valence electrons. The lowest BCUT2D eigenvalue weighted by Gasteiger charge is -2.15. The second-order valence-corrected chi connectivity index (χ2v) is 6.48. The number of hydrogen-bond acceptors (Lipinski definition) is 3. The molecule has 6 nitrogen and oxygen atoms in total. The SMILES string of the molecule is Cc1c(NC(=O)[C@H](C)Oc2c(F)c(F)cc(F)c2F)c(=O)n(-c2ccccc2)n1C. The number of nitrogens with zero attached hydrogens (tertiary/aromatic N) is 2. The van der Waals surface area contributed by atoms with E-state index in [9.17, 15) is 27.2 Å². The molecule has 2 aromatic carbocycles. The molecule has 0 radical (unpaired) electrons. The number of rotatable bonds is 5. The normalized spacial score (nSPS) is 12.0. The number of anilines is 1. The molecule has 0 aliphatic rings. The fourth-order valence-electron chi connectivity index (χ4n) is 2.82. The van der Waals surface area contributed by atoms with Crippen molar-refractivity contribution in [1.29, 1.82) is 0 Å². The van der Waals surface area contributed by atoms with Gasteiger partial charge in [0, 0.05) is 13.1 Å². The number of aromatic nitrogens is 2. The van der Waals surface area contributed by atoms with Crippen molar-refractivity contribution in [3.8, 4) is 11.4 Å². The molecule has 30 heavy (non-hydrogen) atoms. The highest BCUT2D eigenvalue weighted by Gasteiger charge is 2.26. The van der Waals surface area contributed by atoms with E-state index in [0.29, 0.717) is 11.4 Å². The van der Waals surface area contributed by atoms with Gasteiger partial charge in [0.05, 0.1) is 11.4 Å². The quantitative estimate of drug-likeness (QED) is 0.505. The second-order valence-electron chi connectivity index (χ2n) is 6.48. The van der Waals surface area contributed by atoms with E-state index in [-0.39, 0.29) is 11.8 Å². The molecule has 0 fully saturated rings. The van der Waals surface area contributed by atoms with Crippen LogP contribution in [0.2, 0.25) is 0 Å². The molecular weight excluding hydrogens is 406 g/mol. The molecule has 0 aliphatic carbocycles. The van der Waals surface area contributed by atoms with Gasteiger partial charge >= 0.3 is 0 Å². The molecule has 0 saturated carbocycles. The molecule has 0 aliphatic heterocycles. The number of halogens is 4. The Hall–Kier alpha value is -3.56. The number of ether oxygens (including phenoxy) is 1. The molecule has 1 amide bonds. The van der Waals surface area contributed by atoms with Crippen molar-refractivity contribution in [3.05, 3.63) is 75.7 Å². The van der Waals surface area contributed by atoms with Gasteiger partial charge in [-0.05, 0) is 26.0 Å². The Labute approximate surface area is 168 Å². The van der Waals surface area contributed by atoms with Crippen LogP contribution in [0.1, 0.15) is 12.6 Å². The Morgan fingerprint density at radius 1 is 1.07 bits per heavy atom. The summed E-state index contributed by atoms with van der Waals surface area (Å²) in [6, 6.07) is 8.67. The minimum Gasteiger partial charge on any atom is -0.475 e. The maximum absolute atomic E-state index is 13.8. The second kappa shape index (κ2) is 8.05. The number of para-hydroxylation sites is 1. The van der Waals surface area contributed by atoms with Crippen LogP contribution < -0.4 is 15.6 Å². The molecule has 1 atom stereocenters. The summed E-state index contributed by atoms with van der Waals surface area (Å²) in [5.41, 5.74) is 0.333. The Bertz CT molecular complexity index is 1150. The zero-order valence-electron chi connectivity index (χ0n) is 16.2. The molecule has 0 saturated heterocycles. The van der Waals surface area contributed by atoms with Gasteiger partial charge in [-0.25, -0.2) is 13.5 Å². The average Bonchev–Trinajstić information content (AvgIpc) is 2.93. The van der Waals surface area contributed by atoms with Crippen molar-refractivity contribution in [2.75, 3.05) is 5.32 Å². The summed E-state index contributed by atoms with van der Waals surface area (Å²) in [5, 5.41) is 2.35. The minimum atomic E-state index is -1.77. The van der Waals surface area contributed by atoms with Gasteiger partial charge in [-0.15, -0.1) is 0 Å². The predicted octanol–water partition coefficient (Wildman–Crippen LogP) is 3.45. The molecule has 0 spiro atoms. The Kier molecular flexibility index (Phi) is 5.68. The third-order valence-electron chi connectivity index (χ3n) is 4.54. The van der Waals surface area contributed by atoms with E-state index in [4.69, 9.17) is 4.74 Å². The van der Waals surface area contributed by atoms with Gasteiger partial charge in [0.25, 0.3) is 11.5 Å². The first-order valence-electron chi connectivity index (χ1n) is 8.78. The smallest absolute Gasteiger partial charge is 0.295 e. The fourth-order valence-corrected chi connectivity index (χ4v) is 2.82. The Morgan fingerprint density at radius 2 is 1.63 bits per heavy atom. The molecule has 0 unspecified atom stereocenters. The highest BCUT2D eigenvalue weighted by atomic mass is 19.2. The van der Waals surface area contributed by atoms with Crippen molar-refractivity contribution >= 4 is 11.6 Å². The maximum atomic E-state index is 13.8. The molecular formula is C20H17F4N3O3. The van der Waals surface area contributed by atoms with Gasteiger partial charge in [0.2, 0.25) is 11.6 Å². The van der Waals surface area contributed by atoms with Crippen molar-refractivity contribution in [2.45, 2.75) is 20.0 Å². The van der Waals surface area contributed by atoms with E-state index >= 15 is 0 Å². The molecule has 10 heteroatoms. The highest BCUT2D eigenvalue weighted by Crippen LogP contribution is 2.27. The Morgan fingerprint density at radius 3 is 2.20 bits per heavy atom. The molecule has 0 bridgehead atoms. The average molecular weight is 423 g/mol. The number of benzene rings is 2.